The Morgan fingerprint density at radius 3 is 2.52 bits per heavy atom. The number of urea groups is 1. The monoisotopic (exact) mass is 376 g/mol. The number of ketones is 1. The van der Waals surface area contributed by atoms with Gasteiger partial charge in [-0.25, -0.2) is 14.1 Å². The topological polar surface area (TPSA) is 84.0 Å². The number of hydrogen-bond acceptors (Lipinski definition) is 5. The van der Waals surface area contributed by atoms with E-state index in [9.17, 15) is 23.6 Å². The minimum absolute atomic E-state index is 0.00849. The average Bonchev–Trinajstić information content (AvgIpc) is 2.85. The molecule has 1 aliphatic heterocycles. The molecule has 7 nitrogen and oxygen atoms in total. The van der Waals surface area contributed by atoms with E-state index >= 15 is 0 Å². The number of halogens is 1. The zero-order valence-electron chi connectivity index (χ0n) is 15.2. The molecule has 1 aliphatic carbocycles. The largest absolute Gasteiger partial charge is 0.494 e. The van der Waals surface area contributed by atoms with Gasteiger partial charge in [-0.3, -0.25) is 19.3 Å². The summed E-state index contributed by atoms with van der Waals surface area (Å²) in [6.45, 7) is 1.34. The molecule has 2 aliphatic rings. The van der Waals surface area contributed by atoms with Gasteiger partial charge in [0.2, 0.25) is 0 Å². The van der Waals surface area contributed by atoms with Crippen LogP contribution in [0, 0.1) is 11.7 Å². The number of carbonyl (C=O) groups is 4. The van der Waals surface area contributed by atoms with Crippen molar-refractivity contribution in [3.63, 3.8) is 0 Å². The molecule has 8 heteroatoms. The van der Waals surface area contributed by atoms with Gasteiger partial charge in [-0.15, -0.1) is 0 Å². The van der Waals surface area contributed by atoms with Gasteiger partial charge in [-0.05, 0) is 37.0 Å². The fraction of sp³-hybridized carbons (Fsp3) is 0.474. The van der Waals surface area contributed by atoms with Crippen molar-refractivity contribution in [1.82, 2.24) is 9.80 Å². The zero-order valence-corrected chi connectivity index (χ0v) is 15.2. The van der Waals surface area contributed by atoms with Gasteiger partial charge in [0.1, 0.15) is 0 Å². The first-order chi connectivity index (χ1) is 12.8. The molecule has 2 fully saturated rings. The van der Waals surface area contributed by atoms with Gasteiger partial charge < -0.3 is 4.74 Å². The van der Waals surface area contributed by atoms with Crippen molar-refractivity contribution in [3.8, 4) is 5.75 Å². The number of carbonyl (C=O) groups excluding carboxylic acids is 4. The fourth-order valence-corrected chi connectivity index (χ4v) is 3.71. The van der Waals surface area contributed by atoms with Crippen LogP contribution >= 0.6 is 0 Å². The van der Waals surface area contributed by atoms with Gasteiger partial charge in [-0.2, -0.15) is 0 Å². The molecule has 0 spiro atoms. The predicted octanol–water partition coefficient (Wildman–Crippen LogP) is 2.39. The van der Waals surface area contributed by atoms with E-state index in [4.69, 9.17) is 4.74 Å². The smallest absolute Gasteiger partial charge is 0.334 e. The lowest BCUT2D eigenvalue weighted by molar-refractivity contribution is -0.144. The highest BCUT2D eigenvalue weighted by atomic mass is 19.1. The van der Waals surface area contributed by atoms with Crippen molar-refractivity contribution in [1.29, 1.82) is 0 Å². The molecule has 144 valence electrons. The number of nitrogens with zero attached hydrogens (tertiary/aromatic N) is 2. The van der Waals surface area contributed by atoms with Gasteiger partial charge in [0.25, 0.3) is 0 Å². The van der Waals surface area contributed by atoms with Crippen LogP contribution in [0.3, 0.4) is 0 Å². The van der Waals surface area contributed by atoms with Crippen LogP contribution in [0.15, 0.2) is 18.2 Å². The number of ether oxygens (including phenoxy) is 1. The quantitative estimate of drug-likeness (QED) is 0.448. The van der Waals surface area contributed by atoms with Crippen LogP contribution in [0.5, 0.6) is 5.75 Å². The number of amides is 4. The Bertz CT molecular complexity index is 809. The second-order valence-electron chi connectivity index (χ2n) is 6.95. The minimum atomic E-state index is -1.01. The van der Waals surface area contributed by atoms with E-state index in [0.717, 1.165) is 30.2 Å². The highest BCUT2D eigenvalue weighted by Gasteiger charge is 2.49. The third-order valence-corrected chi connectivity index (χ3v) is 5.26. The van der Waals surface area contributed by atoms with Gasteiger partial charge in [0.15, 0.2) is 17.3 Å². The molecule has 0 unspecified atom stereocenters. The zero-order chi connectivity index (χ0) is 19.7. The molecular weight excluding hydrogens is 355 g/mol. The highest BCUT2D eigenvalue weighted by molar-refractivity contribution is 6.45. The van der Waals surface area contributed by atoms with Crippen LogP contribution in [0.25, 0.3) is 0 Å². The second-order valence-corrected chi connectivity index (χ2v) is 6.95. The lowest BCUT2D eigenvalue weighted by Gasteiger charge is -2.34. The third-order valence-electron chi connectivity index (χ3n) is 5.26. The van der Waals surface area contributed by atoms with Crippen molar-refractivity contribution in [2.24, 2.45) is 5.92 Å². The first-order valence-corrected chi connectivity index (χ1v) is 8.91. The molecule has 0 N–H and O–H groups in total. The normalized spacial score (nSPS) is 23.1. The van der Waals surface area contributed by atoms with E-state index in [1.807, 2.05) is 6.92 Å². The molecular formula is C19H21FN2O5. The van der Waals surface area contributed by atoms with Crippen molar-refractivity contribution in [3.05, 3.63) is 29.6 Å². The van der Waals surface area contributed by atoms with Gasteiger partial charge in [0, 0.05) is 11.6 Å². The number of rotatable bonds is 5. The maximum Gasteiger partial charge on any atom is 0.334 e. The molecule has 2 atom stereocenters. The molecule has 1 saturated heterocycles. The summed E-state index contributed by atoms with van der Waals surface area (Å²) in [7, 11) is 1.30. The summed E-state index contributed by atoms with van der Waals surface area (Å²) in [6.07, 6.45) is 3.43. The Balaban J connectivity index is 1.77. The SMILES string of the molecule is COc1ccc(C(=O)CN2C(=O)C(=O)N([C@H]3CCCC[C@@H]3C)C2=O)cc1F. The lowest BCUT2D eigenvalue weighted by Crippen LogP contribution is -2.46. The Kier molecular flexibility index (Phi) is 5.25. The molecule has 1 aromatic carbocycles. The van der Waals surface area contributed by atoms with Crippen LogP contribution in [-0.2, 0) is 9.59 Å². The molecule has 0 aromatic heterocycles. The number of Topliss-reactive ketones (excluding diaryl/α,β-unsaturated/α-hetero) is 1. The molecule has 1 aromatic rings. The summed E-state index contributed by atoms with van der Waals surface area (Å²) in [5.74, 6) is -3.19. The maximum absolute atomic E-state index is 13.8. The van der Waals surface area contributed by atoms with Crippen molar-refractivity contribution in [2.75, 3.05) is 13.7 Å². The van der Waals surface area contributed by atoms with Gasteiger partial charge in [-0.1, -0.05) is 19.8 Å². The Morgan fingerprint density at radius 2 is 1.89 bits per heavy atom. The van der Waals surface area contributed by atoms with Crippen LogP contribution in [0.1, 0.15) is 43.0 Å². The molecule has 1 heterocycles. The van der Waals surface area contributed by atoms with E-state index in [2.05, 4.69) is 0 Å². The fourth-order valence-electron chi connectivity index (χ4n) is 3.71. The highest BCUT2D eigenvalue weighted by Crippen LogP contribution is 2.31. The van der Waals surface area contributed by atoms with E-state index in [1.54, 1.807) is 0 Å². The summed E-state index contributed by atoms with van der Waals surface area (Å²) in [4.78, 5) is 51.4. The Morgan fingerprint density at radius 1 is 1.19 bits per heavy atom. The average molecular weight is 376 g/mol. The molecule has 3 rings (SSSR count). The number of imide groups is 2. The molecule has 0 radical (unpaired) electrons. The van der Waals surface area contributed by atoms with Crippen LogP contribution in [0.2, 0.25) is 0 Å². The van der Waals surface area contributed by atoms with Crippen LogP contribution < -0.4 is 4.74 Å². The van der Waals surface area contributed by atoms with Crippen LogP contribution in [-0.4, -0.2) is 53.1 Å². The first kappa shape index (κ1) is 19.0. The maximum atomic E-state index is 13.8. The molecule has 1 saturated carbocycles. The van der Waals surface area contributed by atoms with Crippen molar-refractivity contribution >= 4 is 23.6 Å². The molecule has 0 bridgehead atoms. The number of methoxy groups -OCH3 is 1. The van der Waals surface area contributed by atoms with E-state index in [1.165, 1.54) is 19.2 Å². The summed E-state index contributed by atoms with van der Waals surface area (Å²) in [5, 5.41) is 0. The Hall–Kier alpha value is -2.77. The van der Waals surface area contributed by atoms with E-state index < -0.39 is 36.0 Å². The molecule has 4 amide bonds. The lowest BCUT2D eigenvalue weighted by atomic mass is 9.85. The Labute approximate surface area is 156 Å². The van der Waals surface area contributed by atoms with E-state index in [-0.39, 0.29) is 23.3 Å². The molecule has 27 heavy (non-hydrogen) atoms. The van der Waals surface area contributed by atoms with Crippen molar-refractivity contribution < 1.29 is 28.3 Å². The minimum Gasteiger partial charge on any atom is -0.494 e. The first-order valence-electron chi connectivity index (χ1n) is 8.91. The summed E-state index contributed by atoms with van der Waals surface area (Å²) >= 11 is 0. The van der Waals surface area contributed by atoms with Gasteiger partial charge >= 0.3 is 17.8 Å². The standard InChI is InChI=1S/C19H21FN2O5/c1-11-5-3-4-6-14(11)22-18(25)17(24)21(19(22)26)10-15(23)12-7-8-16(27-2)13(20)9-12/h7-9,11,14H,3-6,10H2,1-2H3/t11-,14-/m0/s1. The summed E-state index contributed by atoms with van der Waals surface area (Å²) in [6, 6.07) is 2.51. The van der Waals surface area contributed by atoms with E-state index in [0.29, 0.717) is 11.3 Å². The third kappa shape index (κ3) is 3.43. The van der Waals surface area contributed by atoms with Crippen molar-refractivity contribution in [2.45, 2.75) is 38.6 Å². The summed E-state index contributed by atoms with van der Waals surface area (Å²) in [5.41, 5.74) is -0.00849. The predicted molar refractivity (Wildman–Crippen MR) is 92.7 cm³/mol. The second kappa shape index (κ2) is 7.46. The van der Waals surface area contributed by atoms with Crippen LogP contribution in [0.4, 0.5) is 9.18 Å². The number of benzene rings is 1. The van der Waals surface area contributed by atoms with Gasteiger partial charge in [0.05, 0.1) is 13.7 Å². The number of hydrogen-bond donors (Lipinski definition) is 0. The summed E-state index contributed by atoms with van der Waals surface area (Å²) < 4.78 is 18.6.